The summed E-state index contributed by atoms with van der Waals surface area (Å²) in [5, 5.41) is 2.55. The zero-order valence-electron chi connectivity index (χ0n) is 9.15. The third kappa shape index (κ3) is 3.87. The lowest BCUT2D eigenvalue weighted by atomic mass is 10.3. The smallest absolute Gasteiger partial charge is 0.330 e. The van der Waals surface area contributed by atoms with Crippen LogP contribution < -0.4 is 16.2 Å². The maximum Gasteiger partial charge on any atom is 0.337 e. The Kier molecular flexibility index (Phi) is 4.14. The van der Waals surface area contributed by atoms with Gasteiger partial charge in [0.1, 0.15) is 0 Å². The summed E-state index contributed by atoms with van der Waals surface area (Å²) in [7, 11) is 3.15. The summed E-state index contributed by atoms with van der Waals surface area (Å²) in [6.45, 7) is 0. The Morgan fingerprint density at radius 1 is 1.06 bits per heavy atom. The fourth-order valence-electron chi connectivity index (χ4n) is 0.906. The average molecular weight is 222 g/mol. The summed E-state index contributed by atoms with van der Waals surface area (Å²) < 4.78 is 0. The van der Waals surface area contributed by atoms with E-state index in [4.69, 9.17) is 0 Å². The highest BCUT2D eigenvalue weighted by Gasteiger charge is 2.04. The van der Waals surface area contributed by atoms with Gasteiger partial charge in [-0.1, -0.05) is 18.2 Å². The maximum absolute atomic E-state index is 11.3. The molecule has 0 bridgehead atoms. The number of hydrazine groups is 1. The van der Waals surface area contributed by atoms with Gasteiger partial charge in [0.2, 0.25) is 0 Å². The van der Waals surface area contributed by atoms with E-state index in [1.807, 2.05) is 6.07 Å². The van der Waals surface area contributed by atoms with Crippen molar-refractivity contribution in [3.8, 4) is 0 Å². The number of rotatable bonds is 1. The number of carbonyl (C=O) groups is 2. The molecule has 6 nitrogen and oxygen atoms in total. The second-order valence-electron chi connectivity index (χ2n) is 3.27. The molecule has 0 saturated carbocycles. The zero-order chi connectivity index (χ0) is 12.0. The minimum atomic E-state index is -0.499. The Hall–Kier alpha value is -2.24. The molecule has 0 heterocycles. The van der Waals surface area contributed by atoms with E-state index in [0.717, 1.165) is 0 Å². The highest BCUT2D eigenvalue weighted by atomic mass is 16.2. The lowest BCUT2D eigenvalue weighted by Gasteiger charge is -2.13. The maximum atomic E-state index is 11.3. The first-order chi connectivity index (χ1) is 7.59. The van der Waals surface area contributed by atoms with Crippen LogP contribution >= 0.6 is 0 Å². The molecule has 0 aliphatic rings. The molecule has 6 heteroatoms. The standard InChI is InChI=1S/C10H14N4O2/c1-14(2)10(16)13-12-9(15)11-8-6-4-3-5-7-8/h3-7H,1-2H3,(H,13,16)(H2,11,12,15). The minimum absolute atomic E-state index is 0.400. The molecular formula is C10H14N4O2. The average Bonchev–Trinajstić information content (AvgIpc) is 2.27. The van der Waals surface area contributed by atoms with Gasteiger partial charge in [-0.25, -0.2) is 20.4 Å². The van der Waals surface area contributed by atoms with Crippen LogP contribution in [0.3, 0.4) is 0 Å². The van der Waals surface area contributed by atoms with E-state index in [0.29, 0.717) is 5.69 Å². The second-order valence-corrected chi connectivity index (χ2v) is 3.27. The molecule has 16 heavy (non-hydrogen) atoms. The number of nitrogens with one attached hydrogen (secondary N) is 3. The number of benzene rings is 1. The number of para-hydroxylation sites is 1. The molecule has 0 spiro atoms. The van der Waals surface area contributed by atoms with Gasteiger partial charge >= 0.3 is 12.1 Å². The fraction of sp³-hybridized carbons (Fsp3) is 0.200. The van der Waals surface area contributed by atoms with E-state index in [-0.39, 0.29) is 0 Å². The summed E-state index contributed by atoms with van der Waals surface area (Å²) in [6.07, 6.45) is 0. The van der Waals surface area contributed by atoms with E-state index in [2.05, 4.69) is 16.2 Å². The first kappa shape index (κ1) is 11.8. The summed E-state index contributed by atoms with van der Waals surface area (Å²) >= 11 is 0. The monoisotopic (exact) mass is 222 g/mol. The number of urea groups is 2. The van der Waals surface area contributed by atoms with Crippen LogP contribution in [0.5, 0.6) is 0 Å². The first-order valence-corrected chi connectivity index (χ1v) is 4.69. The third-order valence-corrected chi connectivity index (χ3v) is 1.72. The van der Waals surface area contributed by atoms with E-state index in [1.165, 1.54) is 4.90 Å². The van der Waals surface area contributed by atoms with Crippen molar-refractivity contribution in [3.63, 3.8) is 0 Å². The van der Waals surface area contributed by atoms with Gasteiger partial charge in [0.15, 0.2) is 0 Å². The van der Waals surface area contributed by atoms with Gasteiger partial charge in [0.05, 0.1) is 0 Å². The van der Waals surface area contributed by atoms with Gasteiger partial charge in [-0.3, -0.25) is 0 Å². The van der Waals surface area contributed by atoms with Gasteiger partial charge in [-0.05, 0) is 12.1 Å². The zero-order valence-corrected chi connectivity index (χ0v) is 9.15. The molecular weight excluding hydrogens is 208 g/mol. The highest BCUT2D eigenvalue weighted by molar-refractivity contribution is 5.90. The molecule has 0 aliphatic carbocycles. The van der Waals surface area contributed by atoms with E-state index in [9.17, 15) is 9.59 Å². The topological polar surface area (TPSA) is 73.5 Å². The van der Waals surface area contributed by atoms with Crippen molar-refractivity contribution < 1.29 is 9.59 Å². The fourth-order valence-corrected chi connectivity index (χ4v) is 0.906. The van der Waals surface area contributed by atoms with Crippen LogP contribution in [0.25, 0.3) is 0 Å². The number of anilines is 1. The predicted octanol–water partition coefficient (Wildman–Crippen LogP) is 0.994. The summed E-state index contributed by atoms with van der Waals surface area (Å²) in [5.74, 6) is 0. The van der Waals surface area contributed by atoms with Crippen molar-refractivity contribution in [1.29, 1.82) is 0 Å². The van der Waals surface area contributed by atoms with Crippen molar-refractivity contribution in [3.05, 3.63) is 30.3 Å². The first-order valence-electron chi connectivity index (χ1n) is 4.69. The molecule has 0 saturated heterocycles. The largest absolute Gasteiger partial charge is 0.337 e. The van der Waals surface area contributed by atoms with Crippen LogP contribution in [0.15, 0.2) is 30.3 Å². The lowest BCUT2D eigenvalue weighted by molar-refractivity contribution is 0.210. The predicted molar refractivity (Wildman–Crippen MR) is 60.8 cm³/mol. The van der Waals surface area contributed by atoms with Gasteiger partial charge in [0, 0.05) is 19.8 Å². The Balaban J connectivity index is 2.35. The molecule has 0 aromatic heterocycles. The quantitative estimate of drug-likeness (QED) is 0.620. The number of amides is 4. The van der Waals surface area contributed by atoms with Gasteiger partial charge in [0.25, 0.3) is 0 Å². The molecule has 4 amide bonds. The molecule has 1 rings (SSSR count). The number of nitrogens with zero attached hydrogens (tertiary/aromatic N) is 1. The van der Waals surface area contributed by atoms with Crippen LogP contribution in [0.4, 0.5) is 15.3 Å². The third-order valence-electron chi connectivity index (χ3n) is 1.72. The number of hydrogen-bond acceptors (Lipinski definition) is 2. The van der Waals surface area contributed by atoms with E-state index < -0.39 is 12.1 Å². The Morgan fingerprint density at radius 2 is 1.69 bits per heavy atom. The molecule has 1 aromatic carbocycles. The van der Waals surface area contributed by atoms with Crippen molar-refractivity contribution in [2.75, 3.05) is 19.4 Å². The van der Waals surface area contributed by atoms with E-state index >= 15 is 0 Å². The minimum Gasteiger partial charge on any atom is -0.330 e. The van der Waals surface area contributed by atoms with Gasteiger partial charge in [-0.2, -0.15) is 0 Å². The molecule has 0 unspecified atom stereocenters. The molecule has 86 valence electrons. The lowest BCUT2D eigenvalue weighted by Crippen LogP contribution is -2.47. The summed E-state index contributed by atoms with van der Waals surface area (Å²) in [4.78, 5) is 23.7. The van der Waals surface area contributed by atoms with Crippen LogP contribution in [0, 0.1) is 0 Å². The SMILES string of the molecule is CN(C)C(=O)NNC(=O)Nc1ccccc1. The summed E-state index contributed by atoms with van der Waals surface area (Å²) in [6, 6.07) is 8.03. The molecule has 0 aliphatic heterocycles. The van der Waals surface area contributed by atoms with Crippen LogP contribution in [-0.2, 0) is 0 Å². The molecule has 3 N–H and O–H groups in total. The summed E-state index contributed by atoms with van der Waals surface area (Å²) in [5.41, 5.74) is 5.10. The van der Waals surface area contributed by atoms with Crippen LogP contribution in [0.2, 0.25) is 0 Å². The molecule has 0 radical (unpaired) electrons. The van der Waals surface area contributed by atoms with Crippen LogP contribution in [0.1, 0.15) is 0 Å². The van der Waals surface area contributed by atoms with Crippen LogP contribution in [-0.4, -0.2) is 31.1 Å². The molecule has 1 aromatic rings. The van der Waals surface area contributed by atoms with Gasteiger partial charge in [-0.15, -0.1) is 0 Å². The Labute approximate surface area is 93.6 Å². The van der Waals surface area contributed by atoms with Crippen molar-refractivity contribution in [2.45, 2.75) is 0 Å². The van der Waals surface area contributed by atoms with Crippen molar-refractivity contribution in [2.24, 2.45) is 0 Å². The number of carbonyl (C=O) groups excluding carboxylic acids is 2. The van der Waals surface area contributed by atoms with Crippen molar-refractivity contribution >= 4 is 17.7 Å². The van der Waals surface area contributed by atoms with E-state index in [1.54, 1.807) is 38.4 Å². The second kappa shape index (κ2) is 5.59. The highest BCUT2D eigenvalue weighted by Crippen LogP contribution is 2.03. The normalized spacial score (nSPS) is 9.12. The molecule has 0 atom stereocenters. The van der Waals surface area contributed by atoms with Crippen molar-refractivity contribution in [1.82, 2.24) is 15.8 Å². The molecule has 0 fully saturated rings. The van der Waals surface area contributed by atoms with Gasteiger partial charge < -0.3 is 10.2 Å². The number of hydrogen-bond donors (Lipinski definition) is 3. The Bertz CT molecular complexity index is 364. The Morgan fingerprint density at radius 3 is 2.25 bits per heavy atom.